The number of pyridine rings is 1. The molecule has 0 unspecified atom stereocenters. The lowest BCUT2D eigenvalue weighted by Crippen LogP contribution is -2.37. The normalized spacial score (nSPS) is 17.9. The van der Waals surface area contributed by atoms with E-state index < -0.39 is 0 Å². The molecule has 1 atom stereocenters. The van der Waals surface area contributed by atoms with E-state index in [9.17, 15) is 4.79 Å². The van der Waals surface area contributed by atoms with Gasteiger partial charge in [-0.3, -0.25) is 4.79 Å². The maximum atomic E-state index is 13.6. The minimum Gasteiger partial charge on any atom is -0.497 e. The molecule has 6 nitrogen and oxygen atoms in total. The second kappa shape index (κ2) is 10.0. The molecule has 0 radical (unpaired) electrons. The van der Waals surface area contributed by atoms with Crippen LogP contribution in [0.15, 0.2) is 48.5 Å². The molecule has 0 aliphatic carbocycles. The van der Waals surface area contributed by atoms with Gasteiger partial charge in [0.15, 0.2) is 0 Å². The van der Waals surface area contributed by atoms with E-state index in [1.165, 1.54) is 12.8 Å². The Morgan fingerprint density at radius 2 is 1.91 bits per heavy atom. The quantitative estimate of drug-likeness (QED) is 0.499. The number of hydrogen-bond acceptors (Lipinski definition) is 5. The molecule has 1 amide bonds. The van der Waals surface area contributed by atoms with Crippen molar-refractivity contribution in [2.45, 2.75) is 45.3 Å². The molecule has 5 rings (SSSR count). The maximum absolute atomic E-state index is 13.6. The van der Waals surface area contributed by atoms with Crippen LogP contribution in [-0.2, 0) is 11.3 Å². The van der Waals surface area contributed by atoms with Crippen molar-refractivity contribution in [2.24, 2.45) is 0 Å². The van der Waals surface area contributed by atoms with Gasteiger partial charge in [-0.05, 0) is 62.9 Å². The van der Waals surface area contributed by atoms with E-state index in [0.717, 1.165) is 66.1 Å². The molecule has 6 heteroatoms. The molecule has 2 saturated heterocycles. The standard InChI is InChI=1S/C28H33N3O3/c1-20-7-9-21(10-8-20)28(32)31(19-25-6-5-15-34-25)18-23-16-22-11-12-24(33-2)17-26(22)29-27(23)30-13-3-4-14-30/h7-12,16-17,25H,3-6,13-15,18-19H2,1-2H3/t25-/m0/s1. The Labute approximate surface area is 201 Å². The van der Waals surface area contributed by atoms with Crippen LogP contribution < -0.4 is 9.64 Å². The van der Waals surface area contributed by atoms with Gasteiger partial charge in [0, 0.05) is 55.4 Å². The summed E-state index contributed by atoms with van der Waals surface area (Å²) in [6, 6.07) is 16.0. The van der Waals surface area contributed by atoms with Gasteiger partial charge >= 0.3 is 0 Å². The number of fused-ring (bicyclic) bond motifs is 1. The van der Waals surface area contributed by atoms with E-state index in [-0.39, 0.29) is 12.0 Å². The number of ether oxygens (including phenoxy) is 2. The van der Waals surface area contributed by atoms with E-state index in [2.05, 4.69) is 11.0 Å². The zero-order valence-electron chi connectivity index (χ0n) is 20.1. The zero-order valence-corrected chi connectivity index (χ0v) is 20.1. The van der Waals surface area contributed by atoms with Gasteiger partial charge < -0.3 is 19.3 Å². The van der Waals surface area contributed by atoms with Gasteiger partial charge in [0.2, 0.25) is 0 Å². The molecule has 3 heterocycles. The molecule has 34 heavy (non-hydrogen) atoms. The molecule has 3 aromatic rings. The van der Waals surface area contributed by atoms with Gasteiger partial charge in [0.05, 0.1) is 18.7 Å². The Balaban J connectivity index is 1.52. The maximum Gasteiger partial charge on any atom is 0.254 e. The van der Waals surface area contributed by atoms with Crippen LogP contribution in [0.3, 0.4) is 0 Å². The van der Waals surface area contributed by atoms with Crippen molar-refractivity contribution in [3.63, 3.8) is 0 Å². The third kappa shape index (κ3) is 4.87. The second-order valence-corrected chi connectivity index (χ2v) is 9.41. The zero-order chi connectivity index (χ0) is 23.5. The van der Waals surface area contributed by atoms with E-state index >= 15 is 0 Å². The van der Waals surface area contributed by atoms with Crippen LogP contribution in [0.1, 0.15) is 47.2 Å². The summed E-state index contributed by atoms with van der Waals surface area (Å²) in [5.74, 6) is 1.82. The molecule has 2 aromatic carbocycles. The number of carbonyl (C=O) groups excluding carboxylic acids is 1. The topological polar surface area (TPSA) is 54.9 Å². The van der Waals surface area contributed by atoms with Crippen molar-refractivity contribution >= 4 is 22.6 Å². The summed E-state index contributed by atoms with van der Waals surface area (Å²) in [6.45, 7) is 5.90. The number of methoxy groups -OCH3 is 1. The third-order valence-electron chi connectivity index (χ3n) is 6.88. The van der Waals surface area contributed by atoms with Crippen molar-refractivity contribution < 1.29 is 14.3 Å². The first-order valence-corrected chi connectivity index (χ1v) is 12.3. The van der Waals surface area contributed by atoms with Gasteiger partial charge in [0.1, 0.15) is 11.6 Å². The van der Waals surface area contributed by atoms with Crippen molar-refractivity contribution in [1.29, 1.82) is 0 Å². The van der Waals surface area contributed by atoms with Crippen molar-refractivity contribution in [2.75, 3.05) is 38.3 Å². The predicted octanol–water partition coefficient (Wildman–Crippen LogP) is 4.97. The summed E-state index contributed by atoms with van der Waals surface area (Å²) >= 11 is 0. The molecule has 2 aliphatic heterocycles. The number of aromatic nitrogens is 1. The average Bonchev–Trinajstić information content (AvgIpc) is 3.57. The number of hydrogen-bond donors (Lipinski definition) is 0. The average molecular weight is 460 g/mol. The second-order valence-electron chi connectivity index (χ2n) is 9.41. The van der Waals surface area contributed by atoms with Gasteiger partial charge in [0.25, 0.3) is 5.91 Å². The molecular weight excluding hydrogens is 426 g/mol. The smallest absolute Gasteiger partial charge is 0.254 e. The lowest BCUT2D eigenvalue weighted by molar-refractivity contribution is 0.0507. The monoisotopic (exact) mass is 459 g/mol. The van der Waals surface area contributed by atoms with Crippen LogP contribution in [0.2, 0.25) is 0 Å². The fraction of sp³-hybridized carbons (Fsp3) is 0.429. The fourth-order valence-electron chi connectivity index (χ4n) is 4.96. The van der Waals surface area contributed by atoms with Crippen LogP contribution in [0.4, 0.5) is 5.82 Å². The molecule has 2 aliphatic rings. The molecule has 178 valence electrons. The van der Waals surface area contributed by atoms with E-state index in [0.29, 0.717) is 18.7 Å². The Bertz CT molecular complexity index is 1150. The SMILES string of the molecule is COc1ccc2cc(CN(C[C@@H]3CCCO3)C(=O)c3ccc(C)cc3)c(N3CCCC3)nc2c1. The highest BCUT2D eigenvalue weighted by atomic mass is 16.5. The van der Waals surface area contributed by atoms with Gasteiger partial charge in [-0.1, -0.05) is 17.7 Å². The molecule has 0 N–H and O–H groups in total. The molecular formula is C28H33N3O3. The number of nitrogens with zero attached hydrogens (tertiary/aromatic N) is 3. The Hall–Kier alpha value is -3.12. The van der Waals surface area contributed by atoms with E-state index in [4.69, 9.17) is 14.5 Å². The molecule has 0 saturated carbocycles. The van der Waals surface area contributed by atoms with Crippen LogP contribution in [0.25, 0.3) is 10.9 Å². The number of anilines is 1. The minimum absolute atomic E-state index is 0.0395. The Morgan fingerprint density at radius 3 is 2.62 bits per heavy atom. The first-order valence-electron chi connectivity index (χ1n) is 12.3. The summed E-state index contributed by atoms with van der Waals surface area (Å²) in [7, 11) is 1.68. The summed E-state index contributed by atoms with van der Waals surface area (Å²) in [4.78, 5) is 23.0. The highest BCUT2D eigenvalue weighted by Crippen LogP contribution is 2.30. The highest BCUT2D eigenvalue weighted by Gasteiger charge is 2.26. The molecule has 2 fully saturated rings. The van der Waals surface area contributed by atoms with Crippen molar-refractivity contribution in [3.05, 3.63) is 65.2 Å². The Kier molecular flexibility index (Phi) is 6.68. The number of carbonyl (C=O) groups is 1. The van der Waals surface area contributed by atoms with Gasteiger partial charge in [-0.15, -0.1) is 0 Å². The molecule has 0 bridgehead atoms. The minimum atomic E-state index is 0.0395. The van der Waals surface area contributed by atoms with Crippen molar-refractivity contribution in [1.82, 2.24) is 9.88 Å². The van der Waals surface area contributed by atoms with Crippen LogP contribution in [0.5, 0.6) is 5.75 Å². The van der Waals surface area contributed by atoms with Crippen LogP contribution in [-0.4, -0.2) is 55.2 Å². The summed E-state index contributed by atoms with van der Waals surface area (Å²) < 4.78 is 11.3. The first kappa shape index (κ1) is 22.7. The largest absolute Gasteiger partial charge is 0.497 e. The highest BCUT2D eigenvalue weighted by molar-refractivity contribution is 5.94. The summed E-state index contributed by atoms with van der Waals surface area (Å²) in [5, 5.41) is 1.05. The number of amides is 1. The van der Waals surface area contributed by atoms with Crippen LogP contribution in [0, 0.1) is 6.92 Å². The van der Waals surface area contributed by atoms with Crippen LogP contribution >= 0.6 is 0 Å². The first-order chi connectivity index (χ1) is 16.6. The fourth-order valence-corrected chi connectivity index (χ4v) is 4.96. The summed E-state index contributed by atoms with van der Waals surface area (Å²) in [6.07, 6.45) is 4.46. The van der Waals surface area contributed by atoms with Crippen molar-refractivity contribution in [3.8, 4) is 5.75 Å². The summed E-state index contributed by atoms with van der Waals surface area (Å²) in [5.41, 5.74) is 3.86. The molecule has 1 aromatic heterocycles. The van der Waals surface area contributed by atoms with Gasteiger partial charge in [-0.2, -0.15) is 0 Å². The number of aryl methyl sites for hydroxylation is 1. The predicted molar refractivity (Wildman–Crippen MR) is 135 cm³/mol. The number of rotatable bonds is 7. The Morgan fingerprint density at radius 1 is 1.12 bits per heavy atom. The van der Waals surface area contributed by atoms with E-state index in [1.54, 1.807) is 7.11 Å². The lowest BCUT2D eigenvalue weighted by atomic mass is 10.1. The van der Waals surface area contributed by atoms with Gasteiger partial charge in [-0.25, -0.2) is 4.98 Å². The number of benzene rings is 2. The lowest BCUT2D eigenvalue weighted by Gasteiger charge is -2.28. The van der Waals surface area contributed by atoms with E-state index in [1.807, 2.05) is 54.3 Å². The molecule has 0 spiro atoms. The third-order valence-corrected chi connectivity index (χ3v) is 6.88.